The fourth-order valence-corrected chi connectivity index (χ4v) is 1.99. The average Bonchev–Trinajstić information content (AvgIpc) is 2.93. The van der Waals surface area contributed by atoms with Gasteiger partial charge in [0.05, 0.1) is 17.5 Å². The number of carboxylic acids is 2. The van der Waals surface area contributed by atoms with E-state index in [4.69, 9.17) is 10.2 Å². The third kappa shape index (κ3) is 35.9. The number of anilines is 1. The first-order valence-corrected chi connectivity index (χ1v) is 17.1. The lowest BCUT2D eigenvalue weighted by molar-refractivity contribution is -0.145. The van der Waals surface area contributed by atoms with E-state index in [9.17, 15) is 28.8 Å². The number of rotatable bonds is 6. The molecular formula is C40H75N3O8. The Hall–Kier alpha value is -3.76. The van der Waals surface area contributed by atoms with E-state index in [0.29, 0.717) is 11.1 Å². The molecule has 0 aromatic heterocycles. The lowest BCUT2D eigenvalue weighted by atomic mass is 9.94. The second-order valence-electron chi connectivity index (χ2n) is 17.2. The van der Waals surface area contributed by atoms with Gasteiger partial charge in [-0.3, -0.25) is 24.0 Å². The largest absolute Gasteiger partial charge is 0.481 e. The van der Waals surface area contributed by atoms with Crippen molar-refractivity contribution in [3.05, 3.63) is 29.8 Å². The maximum absolute atomic E-state index is 11.6. The Balaban J connectivity index is -0.000000180. The molecule has 51 heavy (non-hydrogen) atoms. The van der Waals surface area contributed by atoms with Crippen LogP contribution in [0, 0.1) is 27.1 Å². The van der Waals surface area contributed by atoms with Gasteiger partial charge in [0.25, 0.3) is 0 Å². The molecule has 5 N–H and O–H groups in total. The first-order valence-electron chi connectivity index (χ1n) is 17.1. The normalized spacial score (nSPS) is 10.9. The van der Waals surface area contributed by atoms with Crippen molar-refractivity contribution < 1.29 is 39.0 Å². The Bertz CT molecular complexity index is 1190. The highest BCUT2D eigenvalue weighted by Gasteiger charge is 2.22. The molecule has 11 heteroatoms. The number of aromatic carboxylic acids is 1. The molecular weight excluding hydrogens is 650 g/mol. The van der Waals surface area contributed by atoms with E-state index in [2.05, 4.69) is 43.6 Å². The number of amides is 3. The molecule has 0 aliphatic carbocycles. The molecule has 11 nitrogen and oxygen atoms in total. The number of ketones is 1. The van der Waals surface area contributed by atoms with E-state index in [1.165, 1.54) is 25.5 Å². The molecule has 1 aromatic carbocycles. The number of benzene rings is 1. The number of carbonyl (C=O) groups excluding carboxylic acids is 4. The average molecular weight is 726 g/mol. The van der Waals surface area contributed by atoms with Gasteiger partial charge in [-0.25, -0.2) is 4.79 Å². The first kappa shape index (κ1) is 56.6. The lowest BCUT2D eigenvalue weighted by Crippen LogP contribution is -2.37. The molecule has 1 aromatic rings. The van der Waals surface area contributed by atoms with E-state index >= 15 is 0 Å². The van der Waals surface area contributed by atoms with Crippen LogP contribution in [0.25, 0.3) is 0 Å². The number of carbonyl (C=O) groups is 6. The summed E-state index contributed by atoms with van der Waals surface area (Å²) in [4.78, 5) is 64.9. The number of aliphatic carboxylic acids is 1. The predicted octanol–water partition coefficient (Wildman–Crippen LogP) is 8.86. The number of hydrogen-bond acceptors (Lipinski definition) is 6. The summed E-state index contributed by atoms with van der Waals surface area (Å²) in [6.45, 7) is 34.9. The standard InChI is InChI=1S/C12H15NO3.C8H15NO2.C8H17NO.C6H14.C5H10O2.CH4/c1-12(2,3)11(16)13-9-6-4-8(5-7-9)10(14)15;1-6(10)5-9-7(11)8(2,3)4;1-5-6-9-7(10)8(2,3)4;1-5-6(2,3)4;1-5(2,3)4(6)7;/h4-7H,1-3H3,(H,13,16)(H,14,15);5H2,1-4H3,(H,9,11);5-6H2,1-4H3,(H,9,10);5H2,1-4H3;1-3H3,(H,6,7);1H4. The minimum absolute atomic E-state index is 0. The van der Waals surface area contributed by atoms with Gasteiger partial charge in [0.1, 0.15) is 5.78 Å². The predicted molar refractivity (Wildman–Crippen MR) is 211 cm³/mol. The van der Waals surface area contributed by atoms with Gasteiger partial charge in [0.15, 0.2) is 0 Å². The van der Waals surface area contributed by atoms with Crippen LogP contribution < -0.4 is 16.0 Å². The fraction of sp³-hybridized carbons (Fsp3) is 0.700. The zero-order valence-corrected chi connectivity index (χ0v) is 34.5. The molecule has 0 radical (unpaired) electrons. The third-order valence-electron chi connectivity index (χ3n) is 6.17. The van der Waals surface area contributed by atoms with Gasteiger partial charge in [0, 0.05) is 28.5 Å². The molecule has 0 aliphatic heterocycles. The molecule has 0 unspecified atom stereocenters. The zero-order valence-electron chi connectivity index (χ0n) is 34.5. The van der Waals surface area contributed by atoms with E-state index in [-0.39, 0.29) is 48.5 Å². The molecule has 0 saturated heterocycles. The Morgan fingerprint density at radius 1 is 0.588 bits per heavy atom. The molecule has 0 heterocycles. The second-order valence-corrected chi connectivity index (χ2v) is 17.2. The van der Waals surface area contributed by atoms with Gasteiger partial charge in [-0.05, 0) is 63.8 Å². The van der Waals surface area contributed by atoms with Crippen molar-refractivity contribution in [1.82, 2.24) is 10.6 Å². The maximum Gasteiger partial charge on any atom is 0.335 e. The topological polar surface area (TPSA) is 179 Å². The van der Waals surface area contributed by atoms with Gasteiger partial charge in [-0.2, -0.15) is 0 Å². The number of carboxylic acid groups (broad SMARTS) is 2. The van der Waals surface area contributed by atoms with Crippen LogP contribution in [0.15, 0.2) is 24.3 Å². The molecule has 298 valence electrons. The van der Waals surface area contributed by atoms with E-state index in [1.807, 2.05) is 69.2 Å². The van der Waals surface area contributed by atoms with Crippen molar-refractivity contribution in [2.75, 3.05) is 18.4 Å². The summed E-state index contributed by atoms with van der Waals surface area (Å²) < 4.78 is 0. The van der Waals surface area contributed by atoms with Crippen molar-refractivity contribution in [3.8, 4) is 0 Å². The van der Waals surface area contributed by atoms with Crippen LogP contribution in [0.4, 0.5) is 5.69 Å². The van der Waals surface area contributed by atoms with Crippen molar-refractivity contribution >= 4 is 41.1 Å². The zero-order chi connectivity index (χ0) is 40.9. The summed E-state index contributed by atoms with van der Waals surface area (Å²) in [5.74, 6) is -1.82. The Kier molecular flexibility index (Phi) is 28.0. The number of nitrogens with one attached hydrogen (secondary N) is 3. The minimum Gasteiger partial charge on any atom is -0.481 e. The maximum atomic E-state index is 11.6. The summed E-state index contributed by atoms with van der Waals surface area (Å²) in [5.41, 5.74) is -0.352. The quantitative estimate of drug-likeness (QED) is 0.193. The third-order valence-corrected chi connectivity index (χ3v) is 6.17. The molecule has 0 spiro atoms. The number of hydrogen-bond donors (Lipinski definition) is 5. The summed E-state index contributed by atoms with van der Waals surface area (Å²) >= 11 is 0. The molecule has 0 fully saturated rings. The monoisotopic (exact) mass is 726 g/mol. The van der Waals surface area contributed by atoms with Crippen LogP contribution in [0.3, 0.4) is 0 Å². The molecule has 1 rings (SSSR count). The second kappa shape index (κ2) is 25.2. The molecule has 0 saturated carbocycles. The summed E-state index contributed by atoms with van der Waals surface area (Å²) in [7, 11) is 0. The lowest BCUT2D eigenvalue weighted by Gasteiger charge is -2.17. The van der Waals surface area contributed by atoms with Crippen molar-refractivity contribution in [2.45, 2.75) is 145 Å². The van der Waals surface area contributed by atoms with Crippen LogP contribution in [0.1, 0.15) is 155 Å². The van der Waals surface area contributed by atoms with E-state index in [0.717, 1.165) is 13.0 Å². The minimum atomic E-state index is -0.978. The Morgan fingerprint density at radius 3 is 1.16 bits per heavy atom. The highest BCUT2D eigenvalue weighted by molar-refractivity contribution is 5.95. The van der Waals surface area contributed by atoms with Gasteiger partial charge < -0.3 is 26.2 Å². The Labute approximate surface area is 310 Å². The summed E-state index contributed by atoms with van der Waals surface area (Å²) in [5, 5.41) is 25.0. The van der Waals surface area contributed by atoms with Crippen LogP contribution in [0.5, 0.6) is 0 Å². The number of Topliss-reactive ketones (excluding diaryl/α,β-unsaturated/α-hetero) is 1. The van der Waals surface area contributed by atoms with Crippen molar-refractivity contribution in [3.63, 3.8) is 0 Å². The first-order chi connectivity index (χ1) is 22.1. The van der Waals surface area contributed by atoms with Gasteiger partial charge in [0.2, 0.25) is 17.7 Å². The van der Waals surface area contributed by atoms with Crippen molar-refractivity contribution in [2.24, 2.45) is 27.1 Å². The fourth-order valence-electron chi connectivity index (χ4n) is 1.99. The van der Waals surface area contributed by atoms with E-state index < -0.39 is 28.2 Å². The van der Waals surface area contributed by atoms with Crippen LogP contribution in [-0.2, 0) is 24.0 Å². The van der Waals surface area contributed by atoms with E-state index in [1.54, 1.807) is 32.9 Å². The highest BCUT2D eigenvalue weighted by atomic mass is 16.4. The summed E-state index contributed by atoms with van der Waals surface area (Å²) in [6.07, 6.45) is 2.27. The highest BCUT2D eigenvalue weighted by Crippen LogP contribution is 2.18. The van der Waals surface area contributed by atoms with Gasteiger partial charge in [-0.1, -0.05) is 111 Å². The summed E-state index contributed by atoms with van der Waals surface area (Å²) in [6, 6.07) is 6.07. The van der Waals surface area contributed by atoms with Crippen LogP contribution in [-0.4, -0.2) is 58.7 Å². The van der Waals surface area contributed by atoms with Gasteiger partial charge in [-0.15, -0.1) is 0 Å². The van der Waals surface area contributed by atoms with Gasteiger partial charge >= 0.3 is 11.9 Å². The molecule has 0 atom stereocenters. The van der Waals surface area contributed by atoms with Crippen molar-refractivity contribution in [1.29, 1.82) is 0 Å². The smallest absolute Gasteiger partial charge is 0.335 e. The SMILES string of the molecule is C.CC(=O)CNC(=O)C(C)(C)C.CC(C)(C)C(=O)Nc1ccc(C(=O)O)cc1.CC(C)(C)C(=O)O.CCC(C)(C)C.CCCNC(=O)C(C)(C)C. The van der Waals surface area contributed by atoms with Crippen LogP contribution in [0.2, 0.25) is 0 Å². The molecule has 0 bridgehead atoms. The molecule has 0 aliphatic rings. The Morgan fingerprint density at radius 2 is 0.922 bits per heavy atom. The van der Waals surface area contributed by atoms with Crippen LogP contribution >= 0.6 is 0 Å². The molecule has 3 amide bonds.